The van der Waals surface area contributed by atoms with Crippen LogP contribution in [0.3, 0.4) is 0 Å². The molecule has 0 aromatic heterocycles. The number of halogens is 1. The number of rotatable bonds is 7. The summed E-state index contributed by atoms with van der Waals surface area (Å²) in [5.74, 6) is 0.897. The third kappa shape index (κ3) is 4.68. The molecule has 0 amide bonds. The van der Waals surface area contributed by atoms with Crippen molar-refractivity contribution in [2.24, 2.45) is 0 Å². The summed E-state index contributed by atoms with van der Waals surface area (Å²) in [6, 6.07) is 16.4. The molecule has 2 aromatic rings. The predicted octanol–water partition coefficient (Wildman–Crippen LogP) is 5.69. The third-order valence-corrected chi connectivity index (χ3v) is 3.59. The topological polar surface area (TPSA) is 21.3 Å². The zero-order valence-corrected chi connectivity index (χ0v) is 13.4. The van der Waals surface area contributed by atoms with Crippen LogP contribution in [0.5, 0.6) is 5.75 Å². The fraction of sp³-hybridized carbons (Fsp3) is 0.333. The van der Waals surface area contributed by atoms with Crippen LogP contribution >= 0.6 is 11.6 Å². The maximum absolute atomic E-state index is 5.97. The van der Waals surface area contributed by atoms with E-state index in [1.807, 2.05) is 37.3 Å². The van der Waals surface area contributed by atoms with Gasteiger partial charge in [0.1, 0.15) is 5.75 Å². The summed E-state index contributed by atoms with van der Waals surface area (Å²) in [6.45, 7) is 4.87. The van der Waals surface area contributed by atoms with Gasteiger partial charge in [-0.2, -0.15) is 0 Å². The fourth-order valence-corrected chi connectivity index (χ4v) is 2.48. The minimum Gasteiger partial charge on any atom is -0.494 e. The summed E-state index contributed by atoms with van der Waals surface area (Å²) in [5.41, 5.74) is 2.33. The van der Waals surface area contributed by atoms with Gasteiger partial charge >= 0.3 is 0 Å². The second-order valence-corrected chi connectivity index (χ2v) is 5.43. The molecule has 1 unspecified atom stereocenters. The first-order chi connectivity index (χ1) is 10.2. The van der Waals surface area contributed by atoms with Crippen molar-refractivity contribution in [2.45, 2.75) is 32.7 Å². The highest BCUT2D eigenvalue weighted by Gasteiger charge is 2.10. The van der Waals surface area contributed by atoms with E-state index < -0.39 is 0 Å². The monoisotopic (exact) mass is 303 g/mol. The Labute approximate surface area is 132 Å². The van der Waals surface area contributed by atoms with Crippen LogP contribution in [-0.4, -0.2) is 6.61 Å². The Hall–Kier alpha value is -1.67. The van der Waals surface area contributed by atoms with Crippen LogP contribution in [0.1, 0.15) is 38.3 Å². The van der Waals surface area contributed by atoms with Gasteiger partial charge in [0.25, 0.3) is 0 Å². The van der Waals surface area contributed by atoms with Crippen LogP contribution in [0, 0.1) is 0 Å². The minimum absolute atomic E-state index is 0.282. The Morgan fingerprint density at radius 3 is 2.52 bits per heavy atom. The maximum atomic E-state index is 5.97. The van der Waals surface area contributed by atoms with E-state index in [4.69, 9.17) is 16.3 Å². The molecule has 3 heteroatoms. The Morgan fingerprint density at radius 1 is 1.10 bits per heavy atom. The summed E-state index contributed by atoms with van der Waals surface area (Å²) in [6.07, 6.45) is 2.19. The van der Waals surface area contributed by atoms with Crippen LogP contribution < -0.4 is 10.1 Å². The number of anilines is 1. The predicted molar refractivity (Wildman–Crippen MR) is 90.3 cm³/mol. The smallest absolute Gasteiger partial charge is 0.121 e. The van der Waals surface area contributed by atoms with Crippen molar-refractivity contribution in [1.29, 1.82) is 0 Å². The zero-order chi connectivity index (χ0) is 15.1. The average Bonchev–Trinajstić information content (AvgIpc) is 2.48. The number of nitrogens with one attached hydrogen (secondary N) is 1. The molecule has 0 heterocycles. The fourth-order valence-electron chi connectivity index (χ4n) is 2.35. The van der Waals surface area contributed by atoms with Gasteiger partial charge in [-0.05, 0) is 43.2 Å². The van der Waals surface area contributed by atoms with E-state index in [0.29, 0.717) is 6.61 Å². The largest absolute Gasteiger partial charge is 0.494 e. The van der Waals surface area contributed by atoms with Gasteiger partial charge in [-0.3, -0.25) is 0 Å². The van der Waals surface area contributed by atoms with E-state index in [1.165, 1.54) is 5.56 Å². The first kappa shape index (κ1) is 15.7. The molecule has 0 aliphatic rings. The van der Waals surface area contributed by atoms with Gasteiger partial charge in [-0.25, -0.2) is 0 Å². The quantitative estimate of drug-likeness (QED) is 0.709. The molecule has 0 spiro atoms. The first-order valence-electron chi connectivity index (χ1n) is 7.47. The third-order valence-electron chi connectivity index (χ3n) is 3.34. The van der Waals surface area contributed by atoms with Crippen LogP contribution in [-0.2, 0) is 0 Å². The van der Waals surface area contributed by atoms with Gasteiger partial charge in [0, 0.05) is 16.8 Å². The molecule has 2 aromatic carbocycles. The highest BCUT2D eigenvalue weighted by molar-refractivity contribution is 6.30. The molecule has 0 aliphatic heterocycles. The lowest BCUT2D eigenvalue weighted by Gasteiger charge is -2.20. The summed E-state index contributed by atoms with van der Waals surface area (Å²) >= 11 is 5.97. The van der Waals surface area contributed by atoms with Crippen LogP contribution in [0.15, 0.2) is 48.5 Å². The molecule has 0 fully saturated rings. The molecule has 0 saturated carbocycles. The van der Waals surface area contributed by atoms with Gasteiger partial charge < -0.3 is 10.1 Å². The van der Waals surface area contributed by atoms with Crippen molar-refractivity contribution >= 4 is 17.3 Å². The van der Waals surface area contributed by atoms with Gasteiger partial charge in [0.15, 0.2) is 0 Å². The molecular weight excluding hydrogens is 282 g/mol. The van der Waals surface area contributed by atoms with Crippen molar-refractivity contribution in [1.82, 2.24) is 0 Å². The van der Waals surface area contributed by atoms with E-state index in [-0.39, 0.29) is 6.04 Å². The number of ether oxygens (including phenoxy) is 1. The van der Waals surface area contributed by atoms with Crippen molar-refractivity contribution in [3.05, 3.63) is 59.1 Å². The van der Waals surface area contributed by atoms with Gasteiger partial charge in [0.2, 0.25) is 0 Å². The van der Waals surface area contributed by atoms with Crippen molar-refractivity contribution in [2.75, 3.05) is 11.9 Å². The Kier molecular flexibility index (Phi) is 5.94. The molecule has 21 heavy (non-hydrogen) atoms. The molecule has 112 valence electrons. The van der Waals surface area contributed by atoms with Crippen molar-refractivity contribution in [3.63, 3.8) is 0 Å². The molecular formula is C18H22ClNO. The molecule has 0 aliphatic carbocycles. The number of hydrogen-bond acceptors (Lipinski definition) is 2. The lowest BCUT2D eigenvalue weighted by Crippen LogP contribution is -2.10. The SMILES string of the molecule is CCCC(Nc1cccc(OCC)c1)c1ccc(Cl)cc1. The first-order valence-corrected chi connectivity index (χ1v) is 7.85. The summed E-state index contributed by atoms with van der Waals surface area (Å²) in [4.78, 5) is 0. The Bertz CT molecular complexity index is 553. The Morgan fingerprint density at radius 2 is 1.86 bits per heavy atom. The maximum Gasteiger partial charge on any atom is 0.121 e. The standard InChI is InChI=1S/C18H22ClNO/c1-3-6-18(14-9-11-15(19)12-10-14)20-16-7-5-8-17(13-16)21-4-2/h5,7-13,18,20H,3-4,6H2,1-2H3. The highest BCUT2D eigenvalue weighted by atomic mass is 35.5. The van der Waals surface area contributed by atoms with Gasteiger partial charge in [-0.15, -0.1) is 0 Å². The second kappa shape index (κ2) is 7.94. The van der Waals surface area contributed by atoms with Gasteiger partial charge in [-0.1, -0.05) is 43.1 Å². The van der Waals surface area contributed by atoms with E-state index in [0.717, 1.165) is 29.3 Å². The van der Waals surface area contributed by atoms with Crippen LogP contribution in [0.4, 0.5) is 5.69 Å². The van der Waals surface area contributed by atoms with Crippen LogP contribution in [0.2, 0.25) is 5.02 Å². The lowest BCUT2D eigenvalue weighted by molar-refractivity contribution is 0.340. The average molecular weight is 304 g/mol. The molecule has 1 atom stereocenters. The number of benzene rings is 2. The summed E-state index contributed by atoms with van der Waals surface area (Å²) in [7, 11) is 0. The normalized spacial score (nSPS) is 12.0. The number of hydrogen-bond donors (Lipinski definition) is 1. The molecule has 1 N–H and O–H groups in total. The highest BCUT2D eigenvalue weighted by Crippen LogP contribution is 2.27. The van der Waals surface area contributed by atoms with Crippen LogP contribution in [0.25, 0.3) is 0 Å². The molecule has 0 saturated heterocycles. The Balaban J connectivity index is 2.15. The minimum atomic E-state index is 0.282. The molecule has 2 nitrogen and oxygen atoms in total. The zero-order valence-electron chi connectivity index (χ0n) is 12.6. The molecule has 0 radical (unpaired) electrons. The summed E-state index contributed by atoms with van der Waals surface area (Å²) < 4.78 is 5.55. The van der Waals surface area contributed by atoms with E-state index in [2.05, 4.69) is 30.4 Å². The summed E-state index contributed by atoms with van der Waals surface area (Å²) in [5, 5.41) is 4.36. The van der Waals surface area contributed by atoms with Crippen molar-refractivity contribution < 1.29 is 4.74 Å². The molecule has 0 bridgehead atoms. The second-order valence-electron chi connectivity index (χ2n) is 5.00. The van der Waals surface area contributed by atoms with E-state index >= 15 is 0 Å². The van der Waals surface area contributed by atoms with E-state index in [9.17, 15) is 0 Å². The molecule has 2 rings (SSSR count). The lowest BCUT2D eigenvalue weighted by atomic mass is 10.0. The van der Waals surface area contributed by atoms with Gasteiger partial charge in [0.05, 0.1) is 12.6 Å². The van der Waals surface area contributed by atoms with Crippen molar-refractivity contribution in [3.8, 4) is 5.75 Å². The van der Waals surface area contributed by atoms with E-state index in [1.54, 1.807) is 0 Å².